The Morgan fingerprint density at radius 1 is 1.15 bits per heavy atom. The third-order valence-corrected chi connectivity index (χ3v) is 7.55. The van der Waals surface area contributed by atoms with Gasteiger partial charge < -0.3 is 20.1 Å². The molecule has 0 spiro atoms. The van der Waals surface area contributed by atoms with E-state index in [0.717, 1.165) is 39.9 Å². The van der Waals surface area contributed by atoms with Gasteiger partial charge in [-0.25, -0.2) is 18.3 Å². The van der Waals surface area contributed by atoms with Crippen LogP contribution in [0.3, 0.4) is 0 Å². The molecule has 6 rings (SSSR count). The van der Waals surface area contributed by atoms with Crippen molar-refractivity contribution in [1.29, 1.82) is 0 Å². The molecule has 240 valence electrons. The minimum atomic E-state index is -5.17. The molecule has 0 aliphatic carbocycles. The molecule has 4 heterocycles. The quantitative estimate of drug-likeness (QED) is 0.246. The van der Waals surface area contributed by atoms with Crippen LogP contribution in [-0.4, -0.2) is 71.3 Å². The summed E-state index contributed by atoms with van der Waals surface area (Å²) in [6.45, 7) is 2.50. The summed E-state index contributed by atoms with van der Waals surface area (Å²) < 4.78 is 73.7. The molecule has 2 aromatic carbocycles. The van der Waals surface area contributed by atoms with E-state index in [4.69, 9.17) is 0 Å². The van der Waals surface area contributed by atoms with Crippen LogP contribution in [0.1, 0.15) is 30.8 Å². The van der Waals surface area contributed by atoms with E-state index < -0.39 is 73.3 Å². The number of carbonyl (C=O) groups excluding carboxylic acids is 2. The van der Waals surface area contributed by atoms with E-state index in [-0.39, 0.29) is 5.69 Å². The van der Waals surface area contributed by atoms with Crippen molar-refractivity contribution in [2.45, 2.75) is 51.5 Å². The predicted octanol–water partition coefficient (Wildman–Crippen LogP) is 4.72. The summed E-state index contributed by atoms with van der Waals surface area (Å²) in [6.07, 6.45) is -4.69. The Morgan fingerprint density at radius 3 is 2.67 bits per heavy atom. The fourth-order valence-electron chi connectivity index (χ4n) is 5.51. The van der Waals surface area contributed by atoms with Crippen LogP contribution in [0.25, 0.3) is 27.7 Å². The first-order valence-corrected chi connectivity index (χ1v) is 14.1. The second kappa shape index (κ2) is 11.7. The van der Waals surface area contributed by atoms with Gasteiger partial charge in [0.1, 0.15) is 18.8 Å². The monoisotopic (exact) mass is 643 g/mol. The minimum Gasteiger partial charge on any atom is -0.403 e. The first-order valence-electron chi connectivity index (χ1n) is 14.1. The summed E-state index contributed by atoms with van der Waals surface area (Å²) in [5.74, 6) is -4.33. The minimum absolute atomic E-state index is 0.282. The molecule has 0 saturated carbocycles. The van der Waals surface area contributed by atoms with Crippen LogP contribution in [0.5, 0.6) is 5.75 Å². The van der Waals surface area contributed by atoms with Crippen molar-refractivity contribution < 1.29 is 41.4 Å². The van der Waals surface area contributed by atoms with Crippen molar-refractivity contribution in [1.82, 2.24) is 29.3 Å². The average molecular weight is 644 g/mol. The van der Waals surface area contributed by atoms with Gasteiger partial charge in [0.2, 0.25) is 11.8 Å². The van der Waals surface area contributed by atoms with Crippen molar-refractivity contribution in [2.24, 2.45) is 0 Å². The first-order chi connectivity index (χ1) is 21.8. The molecule has 11 nitrogen and oxygen atoms in total. The third kappa shape index (κ3) is 6.07. The highest BCUT2D eigenvalue weighted by atomic mass is 19.4. The first kappa shape index (κ1) is 30.9. The average Bonchev–Trinajstić information content (AvgIpc) is 3.67. The summed E-state index contributed by atoms with van der Waals surface area (Å²) in [5, 5.41) is 22.0. The summed E-state index contributed by atoms with van der Waals surface area (Å²) in [4.78, 5) is 31.9. The van der Waals surface area contributed by atoms with E-state index >= 15 is 0 Å². The topological polar surface area (TPSA) is 127 Å². The van der Waals surface area contributed by atoms with Gasteiger partial charge >= 0.3 is 6.36 Å². The molecular formula is C30H26F5N7O4. The number of aryl methyl sites for hydroxylation is 1. The molecular weight excluding hydrogens is 617 g/mol. The van der Waals surface area contributed by atoms with Gasteiger partial charge in [0.15, 0.2) is 17.2 Å². The Kier molecular flexibility index (Phi) is 7.83. The molecule has 3 aromatic heterocycles. The molecule has 1 fully saturated rings. The van der Waals surface area contributed by atoms with Crippen LogP contribution in [0.4, 0.5) is 27.6 Å². The highest BCUT2D eigenvalue weighted by Gasteiger charge is 2.40. The van der Waals surface area contributed by atoms with Gasteiger partial charge in [-0.3, -0.25) is 14.3 Å². The molecule has 16 heteroatoms. The van der Waals surface area contributed by atoms with Crippen LogP contribution < -0.4 is 10.1 Å². The zero-order valence-corrected chi connectivity index (χ0v) is 24.3. The van der Waals surface area contributed by atoms with Crippen LogP contribution in [0, 0.1) is 12.7 Å². The van der Waals surface area contributed by atoms with Gasteiger partial charge in [0.05, 0.1) is 35.2 Å². The molecule has 46 heavy (non-hydrogen) atoms. The summed E-state index contributed by atoms with van der Waals surface area (Å²) in [5.41, 5.74) is 3.10. The number of hydrogen-bond acceptors (Lipinski definition) is 7. The summed E-state index contributed by atoms with van der Waals surface area (Å²) >= 11 is 0. The number of nitrogens with zero attached hydrogens (tertiary/aromatic N) is 6. The van der Waals surface area contributed by atoms with Crippen molar-refractivity contribution in [3.05, 3.63) is 72.1 Å². The molecule has 1 aliphatic heterocycles. The second-order valence-electron chi connectivity index (χ2n) is 10.9. The molecule has 3 atom stereocenters. The lowest BCUT2D eigenvalue weighted by atomic mass is 10.0. The lowest BCUT2D eigenvalue weighted by Gasteiger charge is -2.24. The largest absolute Gasteiger partial charge is 0.573 e. The molecule has 2 N–H and O–H groups in total. The number of carbonyl (C=O) groups is 2. The van der Waals surface area contributed by atoms with E-state index in [1.54, 1.807) is 28.9 Å². The number of likely N-dealkylation sites (tertiary alicyclic amines) is 1. The SMILES string of the molecule is Cc1cc2ncc(-c3ccc4c(c3)c(C(C)O)nn4CC(=O)N3C[C@H](F)C[C@H]3C(=O)Nc3cccc(OC(F)(F)F)c3F)cn2n1. The maximum absolute atomic E-state index is 14.7. The van der Waals surface area contributed by atoms with E-state index in [2.05, 4.69) is 25.2 Å². The Morgan fingerprint density at radius 2 is 1.93 bits per heavy atom. The third-order valence-electron chi connectivity index (χ3n) is 7.55. The highest BCUT2D eigenvalue weighted by Crippen LogP contribution is 2.32. The molecule has 1 aliphatic rings. The predicted molar refractivity (Wildman–Crippen MR) is 154 cm³/mol. The maximum Gasteiger partial charge on any atom is 0.573 e. The van der Waals surface area contributed by atoms with E-state index in [0.29, 0.717) is 16.6 Å². The van der Waals surface area contributed by atoms with Crippen LogP contribution in [0.15, 0.2) is 54.9 Å². The van der Waals surface area contributed by atoms with E-state index in [1.807, 2.05) is 19.2 Å². The van der Waals surface area contributed by atoms with Crippen LogP contribution >= 0.6 is 0 Å². The van der Waals surface area contributed by atoms with Crippen LogP contribution in [0.2, 0.25) is 0 Å². The van der Waals surface area contributed by atoms with Crippen molar-refractivity contribution in [3.63, 3.8) is 0 Å². The van der Waals surface area contributed by atoms with Crippen molar-refractivity contribution >= 4 is 34.1 Å². The fraction of sp³-hybridized carbons (Fsp3) is 0.300. The molecule has 5 aromatic rings. The Labute approximate surface area is 257 Å². The number of alkyl halides is 4. The van der Waals surface area contributed by atoms with Gasteiger partial charge in [-0.15, -0.1) is 13.2 Å². The fourth-order valence-corrected chi connectivity index (χ4v) is 5.51. The number of ether oxygens (including phenoxy) is 1. The summed E-state index contributed by atoms with van der Waals surface area (Å²) in [7, 11) is 0. The number of benzene rings is 2. The van der Waals surface area contributed by atoms with Gasteiger partial charge in [0, 0.05) is 35.8 Å². The van der Waals surface area contributed by atoms with Crippen molar-refractivity contribution in [2.75, 3.05) is 11.9 Å². The Hall–Kier alpha value is -5.12. The number of fused-ring (bicyclic) bond motifs is 2. The lowest BCUT2D eigenvalue weighted by molar-refractivity contribution is -0.275. The summed E-state index contributed by atoms with van der Waals surface area (Å²) in [6, 6.07) is 8.52. The second-order valence-corrected chi connectivity index (χ2v) is 10.9. The zero-order valence-electron chi connectivity index (χ0n) is 24.3. The van der Waals surface area contributed by atoms with Crippen LogP contribution in [-0.2, 0) is 16.1 Å². The number of nitrogens with one attached hydrogen (secondary N) is 1. The smallest absolute Gasteiger partial charge is 0.403 e. The lowest BCUT2D eigenvalue weighted by Crippen LogP contribution is -2.44. The van der Waals surface area contributed by atoms with E-state index in [9.17, 15) is 36.6 Å². The number of halogens is 5. The molecule has 0 bridgehead atoms. The maximum atomic E-state index is 14.7. The highest BCUT2D eigenvalue weighted by molar-refractivity contribution is 5.98. The number of amides is 2. The molecule has 1 saturated heterocycles. The normalized spacial score (nSPS) is 17.5. The van der Waals surface area contributed by atoms with Gasteiger partial charge in [-0.2, -0.15) is 10.2 Å². The molecule has 0 radical (unpaired) electrons. The number of aromatic nitrogens is 5. The van der Waals surface area contributed by atoms with Gasteiger partial charge in [-0.05, 0) is 43.7 Å². The number of hydrogen-bond donors (Lipinski definition) is 2. The molecule has 2 amide bonds. The van der Waals surface area contributed by atoms with Gasteiger partial charge in [0.25, 0.3) is 0 Å². The van der Waals surface area contributed by atoms with Crippen molar-refractivity contribution in [3.8, 4) is 16.9 Å². The number of rotatable bonds is 7. The number of aliphatic hydroxyl groups is 1. The number of anilines is 1. The standard InChI is InChI=1S/C30H26F5N7O4/c1-15-8-25-36-11-18(12-42(25)38-15)17-6-7-22-20(9-17)28(16(2)43)39-41(22)14-26(44)40-13-19(31)10-23(40)29(45)37-21-4-3-5-24(27(21)32)46-30(33,34)35/h3-9,11-12,16,19,23,43H,10,13-14H2,1-2H3,(H,37,45)/t16?,19-,23+/m1/s1. The zero-order chi connectivity index (χ0) is 32.9. The Bertz CT molecular complexity index is 1970. The van der Waals surface area contributed by atoms with Gasteiger partial charge in [-0.1, -0.05) is 12.1 Å². The Balaban J connectivity index is 1.24. The van der Waals surface area contributed by atoms with E-state index in [1.165, 1.54) is 11.6 Å². The number of aliphatic hydroxyl groups excluding tert-OH is 1. The molecule has 1 unspecified atom stereocenters.